The van der Waals surface area contributed by atoms with Gasteiger partial charge in [0.15, 0.2) is 10.9 Å². The van der Waals surface area contributed by atoms with E-state index < -0.39 is 4.92 Å². The highest BCUT2D eigenvalue weighted by Crippen LogP contribution is 2.35. The molecule has 0 saturated heterocycles. The molecule has 10 heteroatoms. The van der Waals surface area contributed by atoms with E-state index in [-0.39, 0.29) is 23.1 Å². The Kier molecular flexibility index (Phi) is 5.07. The van der Waals surface area contributed by atoms with E-state index in [1.54, 1.807) is 24.3 Å². The zero-order chi connectivity index (χ0) is 21.3. The number of para-hydroxylation sites is 1. The van der Waals surface area contributed by atoms with E-state index in [1.807, 2.05) is 25.1 Å². The van der Waals surface area contributed by atoms with Gasteiger partial charge in [-0.15, -0.1) is 0 Å². The average Bonchev–Trinajstić information content (AvgIpc) is 3.12. The number of benzene rings is 2. The summed E-state index contributed by atoms with van der Waals surface area (Å²) in [7, 11) is 0. The third-order valence-electron chi connectivity index (χ3n) is 4.38. The molecule has 0 radical (unpaired) electrons. The van der Waals surface area contributed by atoms with Gasteiger partial charge in [0, 0.05) is 11.3 Å². The Morgan fingerprint density at radius 3 is 2.53 bits per heavy atom. The van der Waals surface area contributed by atoms with Gasteiger partial charge in [0.05, 0.1) is 15.1 Å². The largest absolute Gasteiger partial charge is 0.353 e. The van der Waals surface area contributed by atoms with E-state index in [2.05, 4.69) is 25.6 Å². The average molecular weight is 420 g/mol. The van der Waals surface area contributed by atoms with Crippen molar-refractivity contribution in [3.63, 3.8) is 0 Å². The minimum Gasteiger partial charge on any atom is -0.334 e. The number of nitrogens with zero attached hydrogens (tertiary/aromatic N) is 4. The molecule has 2 N–H and O–H groups in total. The van der Waals surface area contributed by atoms with Crippen molar-refractivity contribution in [2.45, 2.75) is 13.8 Å². The number of carbonyl (C=O) groups is 1. The van der Waals surface area contributed by atoms with Crippen LogP contribution in [-0.2, 0) is 0 Å². The molecule has 2 aromatic carbocycles. The molecule has 4 aromatic rings. The maximum absolute atomic E-state index is 11.8. The molecule has 0 fully saturated rings. The second-order valence-corrected chi connectivity index (χ2v) is 7.53. The monoisotopic (exact) mass is 420 g/mol. The molecular weight excluding hydrogens is 404 g/mol. The van der Waals surface area contributed by atoms with Crippen LogP contribution < -0.4 is 10.6 Å². The summed E-state index contributed by atoms with van der Waals surface area (Å²) >= 11 is 1.38. The Balaban J connectivity index is 1.70. The number of carbonyl (C=O) groups excluding carboxylic acids is 1. The number of hydrogen-bond donors (Lipinski definition) is 2. The van der Waals surface area contributed by atoms with Gasteiger partial charge in [-0.3, -0.25) is 14.9 Å². The maximum atomic E-state index is 11.8. The lowest BCUT2D eigenvalue weighted by molar-refractivity contribution is -0.383. The summed E-state index contributed by atoms with van der Waals surface area (Å²) in [5.74, 6) is -0.0725. The molecule has 0 amide bonds. The summed E-state index contributed by atoms with van der Waals surface area (Å²) in [5, 5.41) is 18.1. The highest BCUT2D eigenvalue weighted by molar-refractivity contribution is 7.22. The minimum atomic E-state index is -0.557. The van der Waals surface area contributed by atoms with Gasteiger partial charge < -0.3 is 10.6 Å². The Bertz CT molecular complexity index is 1290. The van der Waals surface area contributed by atoms with Gasteiger partial charge in [0.1, 0.15) is 6.33 Å². The fraction of sp³-hybridized carbons (Fsp3) is 0.100. The van der Waals surface area contributed by atoms with Crippen molar-refractivity contribution in [1.82, 2.24) is 15.0 Å². The Morgan fingerprint density at radius 2 is 1.83 bits per heavy atom. The topological polar surface area (TPSA) is 123 Å². The second kappa shape index (κ2) is 7.84. The fourth-order valence-corrected chi connectivity index (χ4v) is 3.87. The van der Waals surface area contributed by atoms with Crippen LogP contribution in [0.4, 0.5) is 28.1 Å². The first-order chi connectivity index (χ1) is 14.4. The lowest BCUT2D eigenvalue weighted by atomic mass is 10.1. The van der Waals surface area contributed by atoms with Crippen LogP contribution >= 0.6 is 11.3 Å². The number of Topliss-reactive ketones (excluding diaryl/α,β-unsaturated/α-hetero) is 1. The van der Waals surface area contributed by atoms with Crippen LogP contribution in [0.5, 0.6) is 0 Å². The number of thiazole rings is 1. The number of aromatic nitrogens is 3. The van der Waals surface area contributed by atoms with Gasteiger partial charge in [-0.05, 0) is 37.6 Å². The van der Waals surface area contributed by atoms with Gasteiger partial charge in [0.2, 0.25) is 11.6 Å². The van der Waals surface area contributed by atoms with E-state index in [9.17, 15) is 14.9 Å². The van der Waals surface area contributed by atoms with Crippen molar-refractivity contribution < 1.29 is 9.72 Å². The van der Waals surface area contributed by atoms with Crippen LogP contribution in [0.25, 0.3) is 10.2 Å². The molecule has 0 spiro atoms. The quantitative estimate of drug-likeness (QED) is 0.254. The number of fused-ring (bicyclic) bond motifs is 1. The minimum absolute atomic E-state index is 0.00972. The number of nitro groups is 1. The highest BCUT2D eigenvalue weighted by Gasteiger charge is 2.24. The molecule has 30 heavy (non-hydrogen) atoms. The van der Waals surface area contributed by atoms with Crippen molar-refractivity contribution in [2.24, 2.45) is 0 Å². The van der Waals surface area contributed by atoms with Crippen LogP contribution in [0.1, 0.15) is 22.8 Å². The first kappa shape index (κ1) is 19.4. The van der Waals surface area contributed by atoms with Crippen LogP contribution in [0.3, 0.4) is 0 Å². The number of anilines is 4. The van der Waals surface area contributed by atoms with E-state index in [0.717, 1.165) is 15.8 Å². The van der Waals surface area contributed by atoms with Crippen LogP contribution in [0.15, 0.2) is 48.8 Å². The number of rotatable bonds is 6. The third-order valence-corrected chi connectivity index (χ3v) is 5.32. The molecule has 0 atom stereocenters. The molecular formula is C20H16N6O3S. The molecule has 0 aliphatic heterocycles. The van der Waals surface area contributed by atoms with Gasteiger partial charge >= 0.3 is 5.69 Å². The van der Waals surface area contributed by atoms with Crippen molar-refractivity contribution in [2.75, 3.05) is 10.6 Å². The molecule has 150 valence electrons. The summed E-state index contributed by atoms with van der Waals surface area (Å²) in [6.45, 7) is 3.41. The van der Waals surface area contributed by atoms with Crippen LogP contribution in [0, 0.1) is 17.0 Å². The van der Waals surface area contributed by atoms with E-state index >= 15 is 0 Å². The summed E-state index contributed by atoms with van der Waals surface area (Å²) in [4.78, 5) is 35.4. The first-order valence-electron chi connectivity index (χ1n) is 8.93. The van der Waals surface area contributed by atoms with E-state index in [0.29, 0.717) is 16.4 Å². The van der Waals surface area contributed by atoms with Crippen molar-refractivity contribution in [3.8, 4) is 0 Å². The van der Waals surface area contributed by atoms with Crippen molar-refractivity contribution >= 4 is 55.5 Å². The highest BCUT2D eigenvalue weighted by atomic mass is 32.1. The summed E-state index contributed by atoms with van der Waals surface area (Å²) in [6.07, 6.45) is 1.23. The molecule has 0 unspecified atom stereocenters. The van der Waals surface area contributed by atoms with Gasteiger partial charge in [-0.25, -0.2) is 15.0 Å². The second-order valence-electron chi connectivity index (χ2n) is 6.50. The predicted molar refractivity (Wildman–Crippen MR) is 116 cm³/mol. The summed E-state index contributed by atoms with van der Waals surface area (Å²) in [6, 6.07) is 12.5. The molecule has 4 rings (SSSR count). The molecule has 0 bridgehead atoms. The number of nitrogens with one attached hydrogen (secondary N) is 2. The lowest BCUT2D eigenvalue weighted by Gasteiger charge is -2.09. The maximum Gasteiger partial charge on any atom is 0.353 e. The summed E-state index contributed by atoms with van der Waals surface area (Å²) in [5.41, 5.74) is 2.52. The molecule has 0 aliphatic rings. The first-order valence-corrected chi connectivity index (χ1v) is 9.74. The number of aryl methyl sites for hydroxylation is 1. The van der Waals surface area contributed by atoms with Crippen molar-refractivity contribution in [1.29, 1.82) is 0 Å². The Morgan fingerprint density at radius 1 is 1.10 bits per heavy atom. The van der Waals surface area contributed by atoms with Gasteiger partial charge in [-0.1, -0.05) is 35.6 Å². The number of hydrogen-bond acceptors (Lipinski definition) is 9. The Labute approximate surface area is 175 Å². The fourth-order valence-electron chi connectivity index (χ4n) is 2.93. The molecule has 9 nitrogen and oxygen atoms in total. The Hall–Kier alpha value is -3.92. The molecule has 0 saturated carbocycles. The molecule has 2 heterocycles. The lowest BCUT2D eigenvalue weighted by Crippen LogP contribution is -2.05. The summed E-state index contributed by atoms with van der Waals surface area (Å²) < 4.78 is 0.966. The van der Waals surface area contributed by atoms with Crippen LogP contribution in [0.2, 0.25) is 0 Å². The molecule has 0 aliphatic carbocycles. The van der Waals surface area contributed by atoms with Crippen molar-refractivity contribution in [3.05, 3.63) is 70.0 Å². The van der Waals surface area contributed by atoms with Crippen LogP contribution in [-0.4, -0.2) is 25.7 Å². The zero-order valence-electron chi connectivity index (χ0n) is 16.0. The molecule has 2 aromatic heterocycles. The van der Waals surface area contributed by atoms with E-state index in [1.165, 1.54) is 24.6 Å². The smallest absolute Gasteiger partial charge is 0.334 e. The predicted octanol–water partition coefficient (Wildman–Crippen LogP) is 4.99. The SMILES string of the molecule is CC(=O)c1cccc(Nc2ncnc(Nc3nc4c(C)cccc4s3)c2[N+](=O)[O-])c1. The van der Waals surface area contributed by atoms with E-state index in [4.69, 9.17) is 0 Å². The third kappa shape index (κ3) is 3.80. The number of ketones is 1. The normalized spacial score (nSPS) is 10.7. The van der Waals surface area contributed by atoms with Gasteiger partial charge in [0.25, 0.3) is 0 Å². The zero-order valence-corrected chi connectivity index (χ0v) is 16.9. The standard InChI is InChI=1S/C20H16N6O3S/c1-11-5-3-8-15-16(11)24-20(30-15)25-19-17(26(28)29)18(21-10-22-19)23-14-7-4-6-13(9-14)12(2)27/h3-10H,1-2H3,(H2,21,22,23,24,25). The van der Waals surface area contributed by atoms with Gasteiger partial charge in [-0.2, -0.15) is 0 Å².